The Morgan fingerprint density at radius 1 is 1.41 bits per heavy atom. The quantitative estimate of drug-likeness (QED) is 0.788. The summed E-state index contributed by atoms with van der Waals surface area (Å²) in [7, 11) is 0. The molecule has 0 spiro atoms. The molecule has 1 saturated heterocycles. The first-order valence-electron chi connectivity index (χ1n) is 7.36. The topological polar surface area (TPSA) is 91.4 Å². The fourth-order valence-electron chi connectivity index (χ4n) is 2.69. The molecule has 1 aliphatic rings. The van der Waals surface area contributed by atoms with E-state index in [2.05, 4.69) is 10.3 Å². The lowest BCUT2D eigenvalue weighted by molar-refractivity contribution is -0.121. The Balaban J connectivity index is 1.75. The largest absolute Gasteiger partial charge is 0.507 e. The Morgan fingerprint density at radius 3 is 3.00 bits per heavy atom. The molecule has 1 unspecified atom stereocenters. The minimum absolute atomic E-state index is 0.0486. The number of aromatic amines is 1. The lowest BCUT2D eigenvalue weighted by atomic mass is 10.1. The fourth-order valence-corrected chi connectivity index (χ4v) is 2.69. The van der Waals surface area contributed by atoms with Gasteiger partial charge in [-0.15, -0.1) is 0 Å². The highest BCUT2D eigenvalue weighted by Crippen LogP contribution is 2.24. The van der Waals surface area contributed by atoms with E-state index in [0.29, 0.717) is 17.4 Å². The van der Waals surface area contributed by atoms with Gasteiger partial charge >= 0.3 is 0 Å². The number of ether oxygens (including phenoxy) is 1. The number of benzene rings is 1. The molecule has 6 heteroatoms. The summed E-state index contributed by atoms with van der Waals surface area (Å²) in [5, 5.41) is 13.5. The van der Waals surface area contributed by atoms with Crippen LogP contribution in [0.15, 0.2) is 29.1 Å². The predicted octanol–water partition coefficient (Wildman–Crippen LogP) is 1.07. The number of H-pyrrole nitrogens is 1. The van der Waals surface area contributed by atoms with Crippen molar-refractivity contribution >= 4 is 16.8 Å². The van der Waals surface area contributed by atoms with Gasteiger partial charge in [-0.25, -0.2) is 0 Å². The molecule has 1 aliphatic heterocycles. The molecule has 0 radical (unpaired) electrons. The summed E-state index contributed by atoms with van der Waals surface area (Å²) in [6.45, 7) is 1.16. The molecule has 1 fully saturated rings. The Hall–Kier alpha value is -2.34. The number of para-hydroxylation sites is 1. The van der Waals surface area contributed by atoms with Gasteiger partial charge < -0.3 is 20.1 Å². The number of nitrogens with one attached hydrogen (secondary N) is 2. The summed E-state index contributed by atoms with van der Waals surface area (Å²) >= 11 is 0. The van der Waals surface area contributed by atoms with E-state index in [-0.39, 0.29) is 29.7 Å². The Kier molecular flexibility index (Phi) is 4.11. The molecule has 3 N–H and O–H groups in total. The van der Waals surface area contributed by atoms with Crippen LogP contribution in [0, 0.1) is 0 Å². The number of carbonyl (C=O) groups excluding carboxylic acids is 1. The third kappa shape index (κ3) is 2.96. The molecule has 1 atom stereocenters. The van der Waals surface area contributed by atoms with E-state index in [4.69, 9.17) is 4.74 Å². The van der Waals surface area contributed by atoms with Crippen molar-refractivity contribution in [2.45, 2.75) is 25.4 Å². The van der Waals surface area contributed by atoms with Crippen LogP contribution in [0.1, 0.15) is 18.4 Å². The summed E-state index contributed by atoms with van der Waals surface area (Å²) in [4.78, 5) is 26.7. The van der Waals surface area contributed by atoms with Gasteiger partial charge in [-0.3, -0.25) is 9.59 Å². The maximum absolute atomic E-state index is 12.0. The number of pyridine rings is 1. The van der Waals surface area contributed by atoms with Gasteiger partial charge in [0.2, 0.25) is 5.91 Å². The minimum Gasteiger partial charge on any atom is -0.507 e. The Labute approximate surface area is 127 Å². The van der Waals surface area contributed by atoms with Crippen LogP contribution in [-0.2, 0) is 16.0 Å². The zero-order chi connectivity index (χ0) is 15.5. The van der Waals surface area contributed by atoms with E-state index in [1.807, 2.05) is 0 Å². The Morgan fingerprint density at radius 2 is 2.23 bits per heavy atom. The van der Waals surface area contributed by atoms with E-state index >= 15 is 0 Å². The van der Waals surface area contributed by atoms with Gasteiger partial charge in [0.1, 0.15) is 5.75 Å². The SMILES string of the molecule is O=C(Cc1c(O)c2ccccc2[nH]c1=O)NCC1CCCO1. The van der Waals surface area contributed by atoms with E-state index in [9.17, 15) is 14.7 Å². The van der Waals surface area contributed by atoms with Crippen LogP contribution in [-0.4, -0.2) is 35.3 Å². The number of hydrogen-bond donors (Lipinski definition) is 3. The number of fused-ring (bicyclic) bond motifs is 1. The first kappa shape index (κ1) is 14.6. The molecule has 22 heavy (non-hydrogen) atoms. The summed E-state index contributed by atoms with van der Waals surface area (Å²) in [5.74, 6) is -0.432. The number of hydrogen-bond acceptors (Lipinski definition) is 4. The lowest BCUT2D eigenvalue weighted by Gasteiger charge is -2.11. The second-order valence-corrected chi connectivity index (χ2v) is 5.44. The fraction of sp³-hybridized carbons (Fsp3) is 0.375. The Bertz CT molecular complexity index is 747. The number of aromatic hydroxyl groups is 1. The molecule has 2 heterocycles. The van der Waals surface area contributed by atoms with Crippen LogP contribution in [0.5, 0.6) is 5.75 Å². The van der Waals surface area contributed by atoms with Gasteiger partial charge in [-0.2, -0.15) is 0 Å². The second-order valence-electron chi connectivity index (χ2n) is 5.44. The average molecular weight is 302 g/mol. The van der Waals surface area contributed by atoms with Crippen LogP contribution >= 0.6 is 0 Å². The van der Waals surface area contributed by atoms with Gasteiger partial charge in [0.25, 0.3) is 5.56 Å². The van der Waals surface area contributed by atoms with Gasteiger partial charge in [0, 0.05) is 18.5 Å². The minimum atomic E-state index is -0.441. The molecule has 1 amide bonds. The van der Waals surface area contributed by atoms with Crippen LogP contribution in [0.25, 0.3) is 10.9 Å². The molecule has 0 aliphatic carbocycles. The van der Waals surface area contributed by atoms with Gasteiger partial charge in [-0.1, -0.05) is 12.1 Å². The number of amides is 1. The number of rotatable bonds is 4. The molecular weight excluding hydrogens is 284 g/mol. The summed E-state index contributed by atoms with van der Waals surface area (Å²) < 4.78 is 5.43. The van der Waals surface area contributed by atoms with Gasteiger partial charge in [0.15, 0.2) is 0 Å². The molecule has 116 valence electrons. The highest BCUT2D eigenvalue weighted by molar-refractivity contribution is 5.88. The van der Waals surface area contributed by atoms with Crippen molar-refractivity contribution in [3.8, 4) is 5.75 Å². The average Bonchev–Trinajstić information content (AvgIpc) is 3.03. The van der Waals surface area contributed by atoms with Crippen molar-refractivity contribution < 1.29 is 14.6 Å². The van der Waals surface area contributed by atoms with E-state index in [1.165, 1.54) is 0 Å². The van der Waals surface area contributed by atoms with Crippen LogP contribution in [0.4, 0.5) is 0 Å². The second kappa shape index (κ2) is 6.19. The molecule has 0 saturated carbocycles. The van der Waals surface area contributed by atoms with Crippen LogP contribution in [0.2, 0.25) is 0 Å². The molecule has 1 aromatic carbocycles. The van der Waals surface area contributed by atoms with E-state index < -0.39 is 5.56 Å². The van der Waals surface area contributed by atoms with Gasteiger partial charge in [-0.05, 0) is 25.0 Å². The lowest BCUT2D eigenvalue weighted by Crippen LogP contribution is -2.34. The van der Waals surface area contributed by atoms with Gasteiger partial charge in [0.05, 0.1) is 23.6 Å². The third-order valence-electron chi connectivity index (χ3n) is 3.88. The van der Waals surface area contributed by atoms with Crippen molar-refractivity contribution in [3.63, 3.8) is 0 Å². The van der Waals surface area contributed by atoms with Crippen LogP contribution in [0.3, 0.4) is 0 Å². The first-order chi connectivity index (χ1) is 10.6. The van der Waals surface area contributed by atoms with E-state index in [0.717, 1.165) is 19.4 Å². The number of aromatic nitrogens is 1. The first-order valence-corrected chi connectivity index (χ1v) is 7.36. The predicted molar refractivity (Wildman–Crippen MR) is 81.9 cm³/mol. The maximum Gasteiger partial charge on any atom is 0.255 e. The van der Waals surface area contributed by atoms with Crippen molar-refractivity contribution in [2.24, 2.45) is 0 Å². The zero-order valence-electron chi connectivity index (χ0n) is 12.1. The monoisotopic (exact) mass is 302 g/mol. The molecular formula is C16H18N2O4. The van der Waals surface area contributed by atoms with Crippen molar-refractivity contribution in [1.82, 2.24) is 10.3 Å². The molecule has 1 aromatic heterocycles. The zero-order valence-corrected chi connectivity index (χ0v) is 12.1. The van der Waals surface area contributed by atoms with Crippen molar-refractivity contribution in [1.29, 1.82) is 0 Å². The standard InChI is InChI=1S/C16H18N2O4/c19-14(17-9-10-4-3-7-22-10)8-12-15(20)11-5-1-2-6-13(11)18-16(12)21/h1-2,5-6,10H,3-4,7-9H2,(H,17,19)(H2,18,20,21). The summed E-state index contributed by atoms with van der Waals surface area (Å²) in [6, 6.07) is 6.94. The number of carbonyl (C=O) groups is 1. The molecule has 0 bridgehead atoms. The smallest absolute Gasteiger partial charge is 0.255 e. The van der Waals surface area contributed by atoms with E-state index in [1.54, 1.807) is 24.3 Å². The molecule has 2 aromatic rings. The van der Waals surface area contributed by atoms with Crippen LogP contribution < -0.4 is 10.9 Å². The normalized spacial score (nSPS) is 17.7. The van der Waals surface area contributed by atoms with Crippen molar-refractivity contribution in [2.75, 3.05) is 13.2 Å². The van der Waals surface area contributed by atoms with Crippen molar-refractivity contribution in [3.05, 3.63) is 40.2 Å². The summed E-state index contributed by atoms with van der Waals surface area (Å²) in [5.41, 5.74) is 0.195. The third-order valence-corrected chi connectivity index (χ3v) is 3.88. The highest BCUT2D eigenvalue weighted by Gasteiger charge is 2.18. The summed E-state index contributed by atoms with van der Waals surface area (Å²) in [6.07, 6.45) is 1.83. The molecule has 6 nitrogen and oxygen atoms in total. The highest BCUT2D eigenvalue weighted by atomic mass is 16.5. The maximum atomic E-state index is 12.0. The molecule has 3 rings (SSSR count).